The van der Waals surface area contributed by atoms with Crippen LogP contribution in [0.15, 0.2) is 29.3 Å². The van der Waals surface area contributed by atoms with Crippen LogP contribution in [0.5, 0.6) is 0 Å². The number of hydrogen-bond donors (Lipinski definition) is 2. The van der Waals surface area contributed by atoms with Crippen molar-refractivity contribution in [2.24, 2.45) is 10.8 Å². The third kappa shape index (κ3) is 8.88. The summed E-state index contributed by atoms with van der Waals surface area (Å²) >= 11 is 30.0. The van der Waals surface area contributed by atoms with Gasteiger partial charge in [0.2, 0.25) is 0 Å². The van der Waals surface area contributed by atoms with E-state index in [0.717, 1.165) is 10.4 Å². The second-order valence-electron chi connectivity index (χ2n) is 4.04. The van der Waals surface area contributed by atoms with E-state index in [0.29, 0.717) is 32.4 Å². The third-order valence-electron chi connectivity index (χ3n) is 2.44. The zero-order valence-corrected chi connectivity index (χ0v) is 17.7. The first-order valence-electron chi connectivity index (χ1n) is 6.62. The average Bonchev–Trinajstić information content (AvgIpc) is 2.86. The maximum absolute atomic E-state index is 6.08. The quantitative estimate of drug-likeness (QED) is 0.262. The number of halogens is 5. The van der Waals surface area contributed by atoms with Crippen LogP contribution in [0, 0.1) is 0 Å². The summed E-state index contributed by atoms with van der Waals surface area (Å²) < 4.78 is 0.653. The number of aliphatic imine (C=N–C) groups is 1. The van der Waals surface area contributed by atoms with Crippen molar-refractivity contribution in [3.63, 3.8) is 0 Å². The van der Waals surface area contributed by atoms with Gasteiger partial charge in [0.15, 0.2) is 0 Å². The Morgan fingerprint density at radius 2 is 1.67 bits per heavy atom. The summed E-state index contributed by atoms with van der Waals surface area (Å²) in [5.74, 6) is 4.60. The SMILES string of the molecule is CCl.CNN.Clc1cc(Cl)c(C=NCCc2c(Cl)cccc2Cl)s1. The molecular weight excluding hydrogens is 432 g/mol. The first-order valence-corrected chi connectivity index (χ1v) is 9.70. The summed E-state index contributed by atoms with van der Waals surface area (Å²) in [4.78, 5) is 5.18. The summed E-state index contributed by atoms with van der Waals surface area (Å²) in [5.41, 5.74) is 3.17. The lowest BCUT2D eigenvalue weighted by molar-refractivity contribution is 0.900. The normalized spacial score (nSPS) is 10.0. The minimum atomic E-state index is 0.593. The molecule has 1 aromatic carbocycles. The van der Waals surface area contributed by atoms with Crippen molar-refractivity contribution < 1.29 is 0 Å². The Kier molecular flexibility index (Phi) is 14.1. The fraction of sp³-hybridized carbons (Fsp3) is 0.267. The van der Waals surface area contributed by atoms with Crippen molar-refractivity contribution in [1.29, 1.82) is 0 Å². The number of rotatable bonds is 4. The van der Waals surface area contributed by atoms with E-state index in [1.807, 2.05) is 18.2 Å². The van der Waals surface area contributed by atoms with Crippen molar-refractivity contribution in [3.8, 4) is 0 Å². The van der Waals surface area contributed by atoms with E-state index in [4.69, 9.17) is 46.4 Å². The molecule has 0 aliphatic heterocycles. The zero-order valence-electron chi connectivity index (χ0n) is 13.1. The Balaban J connectivity index is 0.000000952. The van der Waals surface area contributed by atoms with Gasteiger partial charge in [-0.15, -0.1) is 22.9 Å². The molecule has 2 rings (SSSR count). The van der Waals surface area contributed by atoms with Gasteiger partial charge in [0.25, 0.3) is 0 Å². The van der Waals surface area contributed by atoms with Crippen molar-refractivity contribution in [3.05, 3.63) is 54.1 Å². The van der Waals surface area contributed by atoms with E-state index in [1.165, 1.54) is 17.7 Å². The molecule has 2 aromatic rings. The van der Waals surface area contributed by atoms with E-state index in [2.05, 4.69) is 27.9 Å². The van der Waals surface area contributed by atoms with Crippen LogP contribution in [0.2, 0.25) is 19.4 Å². The number of nitrogens with two attached hydrogens (primary N) is 1. The van der Waals surface area contributed by atoms with Crippen LogP contribution < -0.4 is 11.3 Å². The van der Waals surface area contributed by atoms with E-state index in [-0.39, 0.29) is 0 Å². The van der Waals surface area contributed by atoms with E-state index in [1.54, 1.807) is 19.3 Å². The molecule has 0 atom stereocenters. The van der Waals surface area contributed by atoms with Gasteiger partial charge in [-0.25, -0.2) is 0 Å². The van der Waals surface area contributed by atoms with Gasteiger partial charge < -0.3 is 0 Å². The Morgan fingerprint density at radius 3 is 2.12 bits per heavy atom. The fourth-order valence-corrected chi connectivity index (χ4v) is 3.55. The summed E-state index contributed by atoms with van der Waals surface area (Å²) in [5, 5.41) is 1.95. The lowest BCUT2D eigenvalue weighted by Crippen LogP contribution is -2.13. The van der Waals surface area contributed by atoms with Crippen LogP contribution in [0.4, 0.5) is 0 Å². The molecule has 1 heterocycles. The molecule has 0 spiro atoms. The smallest absolute Gasteiger partial charge is 0.0950 e. The largest absolute Gasteiger partial charge is 0.291 e. The van der Waals surface area contributed by atoms with Gasteiger partial charge in [0.05, 0.1) is 14.2 Å². The molecule has 9 heteroatoms. The fourth-order valence-electron chi connectivity index (χ4n) is 1.54. The number of thiophene rings is 1. The maximum Gasteiger partial charge on any atom is 0.0950 e. The summed E-state index contributed by atoms with van der Waals surface area (Å²) in [6.07, 6.45) is 3.88. The van der Waals surface area contributed by atoms with Gasteiger partial charge in [0, 0.05) is 29.2 Å². The molecule has 0 aliphatic rings. The molecule has 0 bridgehead atoms. The average molecular weight is 450 g/mol. The zero-order chi connectivity index (χ0) is 18.5. The van der Waals surface area contributed by atoms with Crippen LogP contribution in [0.3, 0.4) is 0 Å². The number of nitrogens with one attached hydrogen (secondary N) is 1. The van der Waals surface area contributed by atoms with E-state index in [9.17, 15) is 0 Å². The molecule has 0 unspecified atom stereocenters. The Labute approximate surface area is 171 Å². The number of nitrogens with zero attached hydrogens (tertiary/aromatic N) is 1. The van der Waals surface area contributed by atoms with Crippen LogP contribution >= 0.6 is 69.3 Å². The number of alkyl halides is 1. The topological polar surface area (TPSA) is 50.4 Å². The molecule has 0 saturated heterocycles. The predicted octanol–water partition coefficient (Wildman–Crippen LogP) is 5.96. The van der Waals surface area contributed by atoms with Gasteiger partial charge in [-0.1, -0.05) is 52.5 Å². The molecular formula is C15H18Cl5N3S. The Morgan fingerprint density at radius 1 is 1.12 bits per heavy atom. The first-order chi connectivity index (χ1) is 11.5. The number of hydrazine groups is 1. The van der Waals surface area contributed by atoms with Crippen molar-refractivity contribution in [2.45, 2.75) is 6.42 Å². The number of benzene rings is 1. The van der Waals surface area contributed by atoms with Crippen LogP contribution in [0.25, 0.3) is 0 Å². The molecule has 134 valence electrons. The van der Waals surface area contributed by atoms with Gasteiger partial charge in [-0.05, 0) is 37.2 Å². The second-order valence-corrected chi connectivity index (χ2v) is 6.97. The highest BCUT2D eigenvalue weighted by Gasteiger charge is 2.05. The van der Waals surface area contributed by atoms with Gasteiger partial charge in [-0.2, -0.15) is 0 Å². The molecule has 3 N–H and O–H groups in total. The number of hydrogen-bond acceptors (Lipinski definition) is 4. The van der Waals surface area contributed by atoms with Gasteiger partial charge >= 0.3 is 0 Å². The highest BCUT2D eigenvalue weighted by Crippen LogP contribution is 2.29. The highest BCUT2D eigenvalue weighted by atomic mass is 35.5. The highest BCUT2D eigenvalue weighted by molar-refractivity contribution is 7.18. The lowest BCUT2D eigenvalue weighted by atomic mass is 10.1. The minimum absolute atomic E-state index is 0.593. The Hall–Kier alpha value is -0.0400. The van der Waals surface area contributed by atoms with E-state index >= 15 is 0 Å². The monoisotopic (exact) mass is 447 g/mol. The molecule has 0 amide bonds. The molecule has 1 aromatic heterocycles. The maximum atomic E-state index is 6.08. The molecule has 24 heavy (non-hydrogen) atoms. The molecule has 0 aliphatic carbocycles. The minimum Gasteiger partial charge on any atom is -0.291 e. The summed E-state index contributed by atoms with van der Waals surface area (Å²) in [7, 11) is 1.65. The second kappa shape index (κ2) is 14.2. The molecule has 3 nitrogen and oxygen atoms in total. The van der Waals surface area contributed by atoms with Crippen LogP contribution in [-0.2, 0) is 6.42 Å². The first kappa shape index (κ1) is 24.0. The van der Waals surface area contributed by atoms with Crippen LogP contribution in [0.1, 0.15) is 10.4 Å². The van der Waals surface area contributed by atoms with E-state index < -0.39 is 0 Å². The molecule has 0 fully saturated rings. The van der Waals surface area contributed by atoms with Crippen molar-refractivity contribution in [1.82, 2.24) is 5.43 Å². The van der Waals surface area contributed by atoms with Crippen LogP contribution in [-0.4, -0.2) is 26.2 Å². The molecule has 0 radical (unpaired) electrons. The summed E-state index contributed by atoms with van der Waals surface area (Å²) in [6, 6.07) is 7.18. The Bertz CT molecular complexity index is 611. The van der Waals surface area contributed by atoms with Crippen molar-refractivity contribution >= 4 is 75.6 Å². The molecule has 0 saturated carbocycles. The third-order valence-corrected chi connectivity index (χ3v) is 4.78. The summed E-state index contributed by atoms with van der Waals surface area (Å²) in [6.45, 7) is 0.593. The van der Waals surface area contributed by atoms with Gasteiger partial charge in [0.1, 0.15) is 0 Å². The standard InChI is InChI=1S/C13H9Cl4NS.CH3Cl.CH6N2/c14-9-2-1-3-10(15)8(9)4-5-18-7-12-11(16)6-13(17)19-12;1-2;1-3-2/h1-3,6-7H,4-5H2;1H3;3H,2H2,1H3. The predicted molar refractivity (Wildman–Crippen MR) is 112 cm³/mol. The van der Waals surface area contributed by atoms with Gasteiger partial charge in [-0.3, -0.25) is 16.3 Å². The van der Waals surface area contributed by atoms with Crippen molar-refractivity contribution in [2.75, 3.05) is 20.0 Å². The lowest BCUT2D eigenvalue weighted by Gasteiger charge is -2.04.